The summed E-state index contributed by atoms with van der Waals surface area (Å²) in [6.07, 6.45) is 1.65. The lowest BCUT2D eigenvalue weighted by molar-refractivity contribution is -0.129. The molecular weight excluding hydrogens is 380 g/mol. The smallest absolute Gasteiger partial charge is 0.257 e. The van der Waals surface area contributed by atoms with Crippen LogP contribution < -0.4 is 16.2 Å². The Balaban J connectivity index is 1.45. The summed E-state index contributed by atoms with van der Waals surface area (Å²) in [6.45, 7) is 2.50. The summed E-state index contributed by atoms with van der Waals surface area (Å²) in [7, 11) is 0. The number of hydrogen-bond donors (Lipinski definition) is 3. The molecule has 2 heterocycles. The number of hydrogen-bond acceptors (Lipinski definition) is 5. The van der Waals surface area contributed by atoms with Crippen LogP contribution in [0.15, 0.2) is 47.1 Å². The first-order chi connectivity index (χ1) is 13.4. The van der Waals surface area contributed by atoms with Crippen molar-refractivity contribution in [2.75, 3.05) is 6.54 Å². The average molecular weight is 400 g/mol. The number of benzene rings is 1. The van der Waals surface area contributed by atoms with Crippen molar-refractivity contribution in [1.82, 2.24) is 21.1 Å². The van der Waals surface area contributed by atoms with Crippen molar-refractivity contribution in [3.63, 3.8) is 0 Å². The summed E-state index contributed by atoms with van der Waals surface area (Å²) < 4.78 is 5.24. The van der Waals surface area contributed by atoms with Gasteiger partial charge in [-0.3, -0.25) is 30.6 Å². The number of rotatable bonds is 4. The zero-order chi connectivity index (χ0) is 20.1. The minimum absolute atomic E-state index is 0.0309. The zero-order valence-electron chi connectivity index (χ0n) is 15.2. The summed E-state index contributed by atoms with van der Waals surface area (Å²) in [4.78, 5) is 38.1. The topological polar surface area (TPSA) is 104 Å². The van der Waals surface area contributed by atoms with E-state index in [1.165, 1.54) is 6.26 Å². The average Bonchev–Trinajstić information content (AvgIpc) is 3.30. The van der Waals surface area contributed by atoms with Crippen LogP contribution in [0.25, 0.3) is 0 Å². The van der Waals surface area contributed by atoms with Crippen molar-refractivity contribution in [3.8, 4) is 0 Å². The monoisotopic (exact) mass is 400 g/mol. The fourth-order valence-electron chi connectivity index (χ4n) is 2.90. The van der Waals surface area contributed by atoms with Gasteiger partial charge in [0.2, 0.25) is 11.8 Å². The molecule has 28 heavy (non-hydrogen) atoms. The molecule has 146 valence electrons. The van der Waals surface area contributed by atoms with E-state index in [0.29, 0.717) is 17.9 Å². The third-order valence-electron chi connectivity index (χ3n) is 4.32. The van der Waals surface area contributed by atoms with Crippen LogP contribution in [0.4, 0.5) is 0 Å². The molecule has 1 unspecified atom stereocenters. The van der Waals surface area contributed by atoms with Gasteiger partial charge in [0.1, 0.15) is 5.76 Å². The fraction of sp³-hybridized carbons (Fsp3) is 0.263. The Morgan fingerprint density at radius 2 is 2.07 bits per heavy atom. The molecule has 1 fully saturated rings. The minimum Gasteiger partial charge on any atom is -0.467 e. The van der Waals surface area contributed by atoms with Crippen LogP contribution in [0, 0.1) is 12.8 Å². The molecule has 1 saturated heterocycles. The number of furan rings is 1. The van der Waals surface area contributed by atoms with E-state index in [1.807, 2.05) is 13.0 Å². The van der Waals surface area contributed by atoms with Gasteiger partial charge in [0.15, 0.2) is 5.11 Å². The Morgan fingerprint density at radius 3 is 2.79 bits per heavy atom. The maximum absolute atomic E-state index is 12.3. The van der Waals surface area contributed by atoms with Crippen molar-refractivity contribution < 1.29 is 18.8 Å². The van der Waals surface area contributed by atoms with Gasteiger partial charge in [-0.15, -0.1) is 0 Å². The molecule has 1 aliphatic heterocycles. The summed E-state index contributed by atoms with van der Waals surface area (Å²) in [5.41, 5.74) is 6.36. The van der Waals surface area contributed by atoms with Gasteiger partial charge in [-0.1, -0.05) is 17.7 Å². The molecule has 1 aromatic carbocycles. The van der Waals surface area contributed by atoms with Gasteiger partial charge in [-0.2, -0.15) is 0 Å². The molecule has 2 aromatic rings. The van der Waals surface area contributed by atoms with E-state index in [0.717, 1.165) is 5.56 Å². The highest BCUT2D eigenvalue weighted by Crippen LogP contribution is 2.20. The van der Waals surface area contributed by atoms with E-state index in [4.69, 9.17) is 16.6 Å². The molecule has 0 radical (unpaired) electrons. The molecule has 0 aliphatic carbocycles. The molecule has 8 nitrogen and oxygen atoms in total. The Morgan fingerprint density at radius 1 is 1.25 bits per heavy atom. The highest BCUT2D eigenvalue weighted by atomic mass is 32.1. The first-order valence-electron chi connectivity index (χ1n) is 8.70. The van der Waals surface area contributed by atoms with E-state index < -0.39 is 5.92 Å². The summed E-state index contributed by atoms with van der Waals surface area (Å²) >= 11 is 5.03. The van der Waals surface area contributed by atoms with E-state index in [-0.39, 0.29) is 35.8 Å². The number of hydrazine groups is 1. The second-order valence-electron chi connectivity index (χ2n) is 6.52. The fourth-order valence-corrected chi connectivity index (χ4v) is 3.05. The number of amides is 3. The number of aryl methyl sites for hydroxylation is 1. The number of nitrogens with zero attached hydrogens (tertiary/aromatic N) is 1. The highest BCUT2D eigenvalue weighted by molar-refractivity contribution is 7.80. The molecule has 3 amide bonds. The first kappa shape index (κ1) is 19.6. The van der Waals surface area contributed by atoms with Crippen LogP contribution in [0.2, 0.25) is 0 Å². The van der Waals surface area contributed by atoms with Crippen LogP contribution in [-0.2, 0) is 16.1 Å². The Labute approximate surface area is 167 Å². The second-order valence-corrected chi connectivity index (χ2v) is 6.93. The normalized spacial score (nSPS) is 16.0. The van der Waals surface area contributed by atoms with Crippen molar-refractivity contribution in [3.05, 3.63) is 59.5 Å². The number of nitrogens with one attached hydrogen (secondary N) is 3. The number of likely N-dealkylation sites (tertiary alicyclic amines) is 1. The third-order valence-corrected chi connectivity index (χ3v) is 4.52. The molecule has 0 saturated carbocycles. The standard InChI is InChI=1S/C19H20N4O4S/c1-12-4-2-5-13(8-12)17(25)20-19(28)22-21-18(26)14-9-16(24)23(10-14)11-15-6-3-7-27-15/h2-8,14H,9-11H2,1H3,(H,21,26)(H2,20,22,25,28). The molecule has 1 atom stereocenters. The Hall–Kier alpha value is -3.20. The van der Waals surface area contributed by atoms with Gasteiger partial charge >= 0.3 is 0 Å². The largest absolute Gasteiger partial charge is 0.467 e. The van der Waals surface area contributed by atoms with Gasteiger partial charge in [0.05, 0.1) is 18.7 Å². The lowest BCUT2D eigenvalue weighted by Gasteiger charge is -2.16. The van der Waals surface area contributed by atoms with Gasteiger partial charge in [0, 0.05) is 18.5 Å². The SMILES string of the molecule is Cc1cccc(C(=O)NC(=S)NNC(=O)C2CC(=O)N(Cc3ccco3)C2)c1. The van der Waals surface area contributed by atoms with Crippen LogP contribution >= 0.6 is 12.2 Å². The second kappa shape index (κ2) is 8.66. The first-order valence-corrected chi connectivity index (χ1v) is 9.11. The zero-order valence-corrected chi connectivity index (χ0v) is 16.0. The molecule has 1 aromatic heterocycles. The quantitative estimate of drug-likeness (QED) is 0.528. The lowest BCUT2D eigenvalue weighted by atomic mass is 10.1. The Kier molecular flexibility index (Phi) is 6.05. The predicted octanol–water partition coefficient (Wildman–Crippen LogP) is 1.27. The summed E-state index contributed by atoms with van der Waals surface area (Å²) in [6, 6.07) is 10.6. The summed E-state index contributed by atoms with van der Waals surface area (Å²) in [5.74, 6) is -0.719. The van der Waals surface area contributed by atoms with Crippen molar-refractivity contribution in [2.45, 2.75) is 19.9 Å². The molecule has 0 spiro atoms. The van der Waals surface area contributed by atoms with Gasteiger partial charge in [0.25, 0.3) is 5.91 Å². The molecule has 3 N–H and O–H groups in total. The molecule has 3 rings (SSSR count). The third kappa shape index (κ3) is 4.95. The van der Waals surface area contributed by atoms with Gasteiger partial charge in [-0.05, 0) is 43.4 Å². The maximum Gasteiger partial charge on any atom is 0.257 e. The maximum atomic E-state index is 12.3. The number of carbonyl (C=O) groups excluding carboxylic acids is 3. The number of carbonyl (C=O) groups is 3. The van der Waals surface area contributed by atoms with Crippen LogP contribution in [0.3, 0.4) is 0 Å². The van der Waals surface area contributed by atoms with E-state index in [9.17, 15) is 14.4 Å². The van der Waals surface area contributed by atoms with E-state index in [1.54, 1.807) is 35.2 Å². The van der Waals surface area contributed by atoms with Crippen molar-refractivity contribution in [1.29, 1.82) is 0 Å². The predicted molar refractivity (Wildman–Crippen MR) is 105 cm³/mol. The van der Waals surface area contributed by atoms with Gasteiger partial charge in [-0.25, -0.2) is 0 Å². The summed E-state index contributed by atoms with van der Waals surface area (Å²) in [5, 5.41) is 2.46. The minimum atomic E-state index is -0.509. The highest BCUT2D eigenvalue weighted by Gasteiger charge is 2.34. The van der Waals surface area contributed by atoms with Crippen molar-refractivity contribution in [2.24, 2.45) is 5.92 Å². The Bertz CT molecular complexity index is 897. The molecule has 9 heteroatoms. The van der Waals surface area contributed by atoms with E-state index >= 15 is 0 Å². The van der Waals surface area contributed by atoms with Crippen LogP contribution in [0.5, 0.6) is 0 Å². The van der Waals surface area contributed by atoms with E-state index in [2.05, 4.69) is 16.2 Å². The van der Waals surface area contributed by atoms with Crippen molar-refractivity contribution >= 4 is 35.1 Å². The number of thiocarbonyl (C=S) groups is 1. The molecule has 1 aliphatic rings. The van der Waals surface area contributed by atoms with Crippen LogP contribution in [0.1, 0.15) is 28.1 Å². The van der Waals surface area contributed by atoms with Gasteiger partial charge < -0.3 is 9.32 Å². The molecule has 0 bridgehead atoms. The molecular formula is C19H20N4O4S. The van der Waals surface area contributed by atoms with Crippen LogP contribution in [-0.4, -0.2) is 34.3 Å². The lowest BCUT2D eigenvalue weighted by Crippen LogP contribution is -2.50.